The van der Waals surface area contributed by atoms with Crippen molar-refractivity contribution in [1.82, 2.24) is 0 Å². The van der Waals surface area contributed by atoms with Gasteiger partial charge in [0.15, 0.2) is 9.04 Å². The molecule has 0 amide bonds. The molecule has 0 aliphatic carbocycles. The maximum Gasteiger partial charge on any atom is 0.172 e. The van der Waals surface area contributed by atoms with Crippen molar-refractivity contribution in [2.24, 2.45) is 0 Å². The third kappa shape index (κ3) is 6.15. The van der Waals surface area contributed by atoms with Crippen LogP contribution in [-0.2, 0) is 4.43 Å². The second kappa shape index (κ2) is 8.83. The molecule has 0 spiro atoms. The average Bonchev–Trinajstić information content (AvgIpc) is 2.37. The van der Waals surface area contributed by atoms with Gasteiger partial charge < -0.3 is 4.43 Å². The van der Waals surface area contributed by atoms with Crippen molar-refractivity contribution in [3.63, 3.8) is 0 Å². The summed E-state index contributed by atoms with van der Waals surface area (Å²) in [6, 6.07) is 10.7. The van der Waals surface area contributed by atoms with Gasteiger partial charge >= 0.3 is 0 Å². The molecule has 1 rings (SSSR count). The lowest BCUT2D eigenvalue weighted by molar-refractivity contribution is 0.142. The molecule has 1 unspecified atom stereocenters. The predicted octanol–water partition coefficient (Wildman–Crippen LogP) is 5.47. The third-order valence-electron chi connectivity index (χ3n) is 3.04. The van der Waals surface area contributed by atoms with E-state index in [-0.39, 0.29) is 4.93 Å². The van der Waals surface area contributed by atoms with E-state index in [1.54, 1.807) is 0 Å². The van der Waals surface area contributed by atoms with Gasteiger partial charge in [-0.25, -0.2) is 0 Å². The van der Waals surface area contributed by atoms with Gasteiger partial charge in [0.2, 0.25) is 0 Å². The van der Waals surface area contributed by atoms with Crippen molar-refractivity contribution in [3.8, 4) is 0 Å². The summed E-state index contributed by atoms with van der Waals surface area (Å²) < 4.78 is 6.49. The first kappa shape index (κ1) is 16.8. The van der Waals surface area contributed by atoms with Gasteiger partial charge in [0.1, 0.15) is 4.93 Å². The van der Waals surface area contributed by atoms with Crippen molar-refractivity contribution in [2.75, 3.05) is 0 Å². The number of rotatable bonds is 9. The molecule has 0 radical (unpaired) electrons. The molecular weight excluding hydrogens is 268 g/mol. The van der Waals surface area contributed by atoms with Crippen molar-refractivity contribution in [2.45, 2.75) is 68.9 Å². The van der Waals surface area contributed by atoms with Crippen molar-refractivity contribution in [1.29, 1.82) is 0 Å². The van der Waals surface area contributed by atoms with Crippen LogP contribution in [-0.4, -0.2) is 14.0 Å². The van der Waals surface area contributed by atoms with Gasteiger partial charge in [0.25, 0.3) is 0 Å². The largest absolute Gasteiger partial charge is 0.406 e. The van der Waals surface area contributed by atoms with E-state index in [2.05, 4.69) is 57.3 Å². The zero-order chi connectivity index (χ0) is 14.1. The van der Waals surface area contributed by atoms with E-state index in [0.29, 0.717) is 0 Å². The van der Waals surface area contributed by atoms with Gasteiger partial charge in [-0.3, -0.25) is 0 Å². The molecule has 108 valence electrons. The predicted molar refractivity (Wildman–Crippen MR) is 89.4 cm³/mol. The second-order valence-corrected chi connectivity index (χ2v) is 9.10. The lowest BCUT2D eigenvalue weighted by atomic mass is 10.1. The van der Waals surface area contributed by atoms with E-state index in [1.165, 1.54) is 30.6 Å². The number of unbranched alkanes of at least 4 members (excludes halogenated alkanes) is 1. The Morgan fingerprint density at radius 1 is 1.05 bits per heavy atom. The zero-order valence-corrected chi connectivity index (χ0v) is 14.8. The van der Waals surface area contributed by atoms with E-state index in [4.69, 9.17) is 4.43 Å². The Labute approximate surface area is 124 Å². The fourth-order valence-electron chi connectivity index (χ4n) is 2.33. The van der Waals surface area contributed by atoms with E-state index in [9.17, 15) is 0 Å². The van der Waals surface area contributed by atoms with Gasteiger partial charge in [-0.05, 0) is 38.1 Å². The summed E-state index contributed by atoms with van der Waals surface area (Å²) >= 11 is 1.94. The van der Waals surface area contributed by atoms with Crippen LogP contribution >= 0.6 is 11.8 Å². The Hall–Kier alpha value is -0.253. The minimum Gasteiger partial charge on any atom is -0.406 e. The molecule has 0 heterocycles. The highest BCUT2D eigenvalue weighted by Gasteiger charge is 2.31. The molecule has 0 aromatic heterocycles. The van der Waals surface area contributed by atoms with Crippen LogP contribution in [0.5, 0.6) is 0 Å². The first-order valence-electron chi connectivity index (χ1n) is 7.53. The van der Waals surface area contributed by atoms with Crippen LogP contribution in [0.2, 0.25) is 13.1 Å². The number of hydrogen-bond acceptors (Lipinski definition) is 2. The normalized spacial score (nSPS) is 14.6. The summed E-state index contributed by atoms with van der Waals surface area (Å²) in [6.45, 7) is 9.08. The van der Waals surface area contributed by atoms with Crippen LogP contribution in [0, 0.1) is 0 Å². The molecular formula is C16H28OSSi. The molecule has 0 N–H and O–H groups in total. The van der Waals surface area contributed by atoms with E-state index in [0.717, 1.165) is 6.42 Å². The first-order chi connectivity index (χ1) is 9.12. The van der Waals surface area contributed by atoms with Gasteiger partial charge in [0.05, 0.1) is 0 Å². The summed E-state index contributed by atoms with van der Waals surface area (Å²) in [6.07, 6.45) is 6.00. The highest BCUT2D eigenvalue weighted by Crippen LogP contribution is 2.42. The van der Waals surface area contributed by atoms with Crippen LogP contribution in [0.4, 0.5) is 0 Å². The fourth-order valence-corrected chi connectivity index (χ4v) is 5.47. The molecule has 1 nitrogen and oxygen atoms in total. The summed E-state index contributed by atoms with van der Waals surface area (Å²) in [5, 5.41) is 0. The second-order valence-electron chi connectivity index (χ2n) is 5.35. The smallest absolute Gasteiger partial charge is 0.172 e. The van der Waals surface area contributed by atoms with Crippen LogP contribution < -0.4 is 0 Å². The Morgan fingerprint density at radius 2 is 1.74 bits per heavy atom. The Morgan fingerprint density at radius 3 is 2.26 bits per heavy atom. The van der Waals surface area contributed by atoms with Crippen molar-refractivity contribution >= 4 is 20.8 Å². The Balaban J connectivity index is 2.86. The van der Waals surface area contributed by atoms with Crippen LogP contribution in [0.15, 0.2) is 35.2 Å². The number of benzene rings is 1. The van der Waals surface area contributed by atoms with Crippen molar-refractivity contribution in [3.05, 3.63) is 30.3 Å². The molecule has 0 bridgehead atoms. The lowest BCUT2D eigenvalue weighted by Gasteiger charge is -2.35. The van der Waals surface area contributed by atoms with Gasteiger partial charge in [-0.1, -0.05) is 63.1 Å². The topological polar surface area (TPSA) is 9.23 Å². The highest BCUT2D eigenvalue weighted by atomic mass is 32.2. The van der Waals surface area contributed by atoms with E-state index >= 15 is 0 Å². The van der Waals surface area contributed by atoms with E-state index < -0.39 is 9.04 Å². The summed E-state index contributed by atoms with van der Waals surface area (Å²) in [7, 11) is -1.03. The quantitative estimate of drug-likeness (QED) is 0.340. The zero-order valence-electron chi connectivity index (χ0n) is 12.8. The lowest BCUT2D eigenvalue weighted by Crippen LogP contribution is -2.33. The van der Waals surface area contributed by atoms with Gasteiger partial charge in [0, 0.05) is 4.90 Å². The van der Waals surface area contributed by atoms with Crippen LogP contribution in [0.1, 0.15) is 46.0 Å². The molecule has 1 atom stereocenters. The molecule has 0 aliphatic heterocycles. The molecule has 1 aromatic rings. The molecule has 0 saturated heterocycles. The molecule has 3 heteroatoms. The Kier molecular flexibility index (Phi) is 7.80. The number of hydrogen-bond donors (Lipinski definition) is 0. The van der Waals surface area contributed by atoms with E-state index in [1.807, 2.05) is 11.8 Å². The minimum atomic E-state index is -1.03. The maximum atomic E-state index is 6.49. The molecule has 19 heavy (non-hydrogen) atoms. The SMILES string of the molecule is CCCCC(CCC)(O[SiH](C)C)Sc1ccccc1. The molecule has 0 fully saturated rings. The molecule has 0 aliphatic rings. The third-order valence-corrected chi connectivity index (χ3v) is 5.52. The van der Waals surface area contributed by atoms with Crippen molar-refractivity contribution < 1.29 is 4.43 Å². The summed E-state index contributed by atoms with van der Waals surface area (Å²) in [5.41, 5.74) is 0. The first-order valence-corrected chi connectivity index (χ1v) is 11.1. The van der Waals surface area contributed by atoms with Crippen LogP contribution in [0.25, 0.3) is 0 Å². The van der Waals surface area contributed by atoms with Crippen LogP contribution in [0.3, 0.4) is 0 Å². The fraction of sp³-hybridized carbons (Fsp3) is 0.625. The summed E-state index contributed by atoms with van der Waals surface area (Å²) in [4.78, 5) is 1.34. The number of thioether (sulfide) groups is 1. The standard InChI is InChI=1S/C16H28OSSi/c1-5-7-14-16(13-6-2,17-19(3)4)18-15-11-9-8-10-12-15/h8-12,19H,5-7,13-14H2,1-4H3. The molecule has 0 saturated carbocycles. The summed E-state index contributed by atoms with van der Waals surface area (Å²) in [5.74, 6) is 0. The highest BCUT2D eigenvalue weighted by molar-refractivity contribution is 8.00. The van der Waals surface area contributed by atoms with Gasteiger partial charge in [-0.2, -0.15) is 0 Å². The van der Waals surface area contributed by atoms with Gasteiger partial charge in [-0.15, -0.1) is 0 Å². The Bertz CT molecular complexity index is 342. The molecule has 1 aromatic carbocycles. The maximum absolute atomic E-state index is 6.49. The minimum absolute atomic E-state index is 0.00645. The average molecular weight is 297 g/mol. The monoisotopic (exact) mass is 296 g/mol.